The summed E-state index contributed by atoms with van der Waals surface area (Å²) in [7, 11) is 1.91. The molecule has 0 N–H and O–H groups in total. The third kappa shape index (κ3) is 1.16. The number of fused-ring (bicyclic) bond motifs is 1. The summed E-state index contributed by atoms with van der Waals surface area (Å²) in [5.41, 5.74) is 4.43. The number of aryl methyl sites for hydroxylation is 3. The van der Waals surface area contributed by atoms with Crippen molar-refractivity contribution >= 4 is 27.0 Å². The molecule has 0 unspecified atom stereocenters. The molecule has 0 aliphatic rings. The van der Waals surface area contributed by atoms with Crippen LogP contribution in [0.2, 0.25) is 0 Å². The summed E-state index contributed by atoms with van der Waals surface area (Å²) in [6.45, 7) is 4.11. The van der Waals surface area contributed by atoms with Gasteiger partial charge in [0.15, 0.2) is 0 Å². The van der Waals surface area contributed by atoms with E-state index in [0.717, 1.165) is 21.1 Å². The quantitative estimate of drug-likeness (QED) is 0.707. The summed E-state index contributed by atoms with van der Waals surface area (Å²) in [6, 6.07) is 2.10. The monoisotopic (exact) mass is 239 g/mol. The molecule has 2 rings (SSSR count). The molecule has 3 nitrogen and oxygen atoms in total. The lowest BCUT2D eigenvalue weighted by atomic mass is 10.1. The van der Waals surface area contributed by atoms with Gasteiger partial charge in [0.05, 0.1) is 5.52 Å². The van der Waals surface area contributed by atoms with E-state index >= 15 is 0 Å². The Bertz CT molecular complexity index is 473. The summed E-state index contributed by atoms with van der Waals surface area (Å²) in [6.07, 6.45) is 0. The lowest BCUT2D eigenvalue weighted by Crippen LogP contribution is -1.92. The number of benzene rings is 1. The van der Waals surface area contributed by atoms with Crippen LogP contribution in [0.25, 0.3) is 11.0 Å². The van der Waals surface area contributed by atoms with E-state index in [2.05, 4.69) is 39.2 Å². The predicted octanol–water partition coefficient (Wildman–Crippen LogP) is 2.35. The maximum absolute atomic E-state index is 4.12. The SMILES string of the molecule is Cc1c(Br)cc(C)c2c1nnn2C. The second-order valence-electron chi connectivity index (χ2n) is 3.21. The van der Waals surface area contributed by atoms with Gasteiger partial charge in [-0.15, -0.1) is 5.10 Å². The number of rotatable bonds is 0. The van der Waals surface area contributed by atoms with Gasteiger partial charge in [0.1, 0.15) is 5.52 Å². The zero-order valence-electron chi connectivity index (χ0n) is 7.80. The van der Waals surface area contributed by atoms with E-state index in [-0.39, 0.29) is 0 Å². The average molecular weight is 240 g/mol. The highest BCUT2D eigenvalue weighted by Crippen LogP contribution is 2.26. The molecule has 1 aromatic carbocycles. The molecule has 1 aromatic heterocycles. The van der Waals surface area contributed by atoms with Crippen LogP contribution in [-0.2, 0) is 7.05 Å². The molecule has 4 heteroatoms. The normalized spacial score (nSPS) is 11.1. The first-order chi connectivity index (χ1) is 6.11. The number of halogens is 1. The largest absolute Gasteiger partial charge is 0.247 e. The minimum atomic E-state index is 0.981. The Labute approximate surface area is 84.9 Å². The van der Waals surface area contributed by atoms with Crippen LogP contribution < -0.4 is 0 Å². The standard InChI is InChI=1S/C9H10BrN3/c1-5-4-7(10)6(2)8-9(5)13(3)12-11-8/h4H,1-3H3. The number of hydrogen-bond donors (Lipinski definition) is 0. The molecule has 1 heterocycles. The second-order valence-corrected chi connectivity index (χ2v) is 4.06. The average Bonchev–Trinajstić information content (AvgIpc) is 2.44. The minimum absolute atomic E-state index is 0.981. The molecule has 0 fully saturated rings. The van der Waals surface area contributed by atoms with Crippen LogP contribution >= 0.6 is 15.9 Å². The van der Waals surface area contributed by atoms with Crippen molar-refractivity contribution in [2.75, 3.05) is 0 Å². The van der Waals surface area contributed by atoms with Gasteiger partial charge >= 0.3 is 0 Å². The molecular weight excluding hydrogens is 230 g/mol. The highest BCUT2D eigenvalue weighted by Gasteiger charge is 2.09. The molecule has 0 amide bonds. The maximum atomic E-state index is 4.12. The Morgan fingerprint density at radius 2 is 2.08 bits per heavy atom. The highest BCUT2D eigenvalue weighted by molar-refractivity contribution is 9.10. The summed E-state index contributed by atoms with van der Waals surface area (Å²) in [4.78, 5) is 0. The molecule has 0 aliphatic heterocycles. The number of aromatic nitrogens is 3. The van der Waals surface area contributed by atoms with Crippen LogP contribution in [0.15, 0.2) is 10.5 Å². The van der Waals surface area contributed by atoms with E-state index in [4.69, 9.17) is 0 Å². The van der Waals surface area contributed by atoms with E-state index < -0.39 is 0 Å². The Morgan fingerprint density at radius 1 is 1.38 bits per heavy atom. The zero-order valence-corrected chi connectivity index (χ0v) is 9.38. The Balaban J connectivity index is 2.99. The molecule has 2 aromatic rings. The van der Waals surface area contributed by atoms with E-state index in [0.29, 0.717) is 0 Å². The predicted molar refractivity (Wildman–Crippen MR) is 55.7 cm³/mol. The Morgan fingerprint density at radius 3 is 2.77 bits per heavy atom. The van der Waals surface area contributed by atoms with Crippen molar-refractivity contribution in [2.24, 2.45) is 7.05 Å². The van der Waals surface area contributed by atoms with Gasteiger partial charge in [-0.1, -0.05) is 21.1 Å². The molecule has 68 valence electrons. The molecule has 13 heavy (non-hydrogen) atoms. The topological polar surface area (TPSA) is 30.7 Å². The zero-order chi connectivity index (χ0) is 9.59. The van der Waals surface area contributed by atoms with Gasteiger partial charge in [0, 0.05) is 11.5 Å². The third-order valence-corrected chi connectivity index (χ3v) is 3.08. The first-order valence-corrected chi connectivity index (χ1v) is 4.85. The van der Waals surface area contributed by atoms with Crippen LogP contribution in [0.5, 0.6) is 0 Å². The van der Waals surface area contributed by atoms with Crippen molar-refractivity contribution < 1.29 is 0 Å². The van der Waals surface area contributed by atoms with Gasteiger partial charge < -0.3 is 0 Å². The van der Waals surface area contributed by atoms with Gasteiger partial charge in [-0.25, -0.2) is 4.68 Å². The fourth-order valence-electron chi connectivity index (χ4n) is 1.53. The minimum Gasteiger partial charge on any atom is -0.247 e. The van der Waals surface area contributed by atoms with Crippen molar-refractivity contribution in [3.8, 4) is 0 Å². The third-order valence-electron chi connectivity index (χ3n) is 2.26. The summed E-state index contributed by atoms with van der Waals surface area (Å²) >= 11 is 3.50. The van der Waals surface area contributed by atoms with Crippen LogP contribution in [0.4, 0.5) is 0 Å². The van der Waals surface area contributed by atoms with Crippen LogP contribution in [0.1, 0.15) is 11.1 Å². The molecular formula is C9H10BrN3. The van der Waals surface area contributed by atoms with Crippen LogP contribution in [-0.4, -0.2) is 15.0 Å². The van der Waals surface area contributed by atoms with Crippen molar-refractivity contribution in [3.63, 3.8) is 0 Å². The molecule has 0 saturated heterocycles. The van der Waals surface area contributed by atoms with E-state index in [1.54, 1.807) is 0 Å². The van der Waals surface area contributed by atoms with Crippen LogP contribution in [0.3, 0.4) is 0 Å². The van der Waals surface area contributed by atoms with Crippen molar-refractivity contribution in [3.05, 3.63) is 21.7 Å². The summed E-state index contributed by atoms with van der Waals surface area (Å²) < 4.78 is 2.90. The summed E-state index contributed by atoms with van der Waals surface area (Å²) in [5.74, 6) is 0. The van der Waals surface area contributed by atoms with Gasteiger partial charge in [-0.05, 0) is 31.0 Å². The molecule has 0 saturated carbocycles. The van der Waals surface area contributed by atoms with E-state index in [1.165, 1.54) is 5.56 Å². The molecule has 0 atom stereocenters. The second kappa shape index (κ2) is 2.80. The van der Waals surface area contributed by atoms with Gasteiger partial charge in [-0.2, -0.15) is 0 Å². The van der Waals surface area contributed by atoms with Crippen LogP contribution in [0, 0.1) is 13.8 Å². The number of nitrogens with zero attached hydrogens (tertiary/aromatic N) is 3. The highest BCUT2D eigenvalue weighted by atomic mass is 79.9. The first-order valence-electron chi connectivity index (χ1n) is 4.06. The van der Waals surface area contributed by atoms with Gasteiger partial charge in [0.2, 0.25) is 0 Å². The smallest absolute Gasteiger partial charge is 0.117 e. The molecule has 0 spiro atoms. The van der Waals surface area contributed by atoms with Crippen molar-refractivity contribution in [1.82, 2.24) is 15.0 Å². The Kier molecular flexibility index (Phi) is 1.87. The first kappa shape index (κ1) is 8.69. The fraction of sp³-hybridized carbons (Fsp3) is 0.333. The maximum Gasteiger partial charge on any atom is 0.117 e. The molecule has 0 aliphatic carbocycles. The van der Waals surface area contributed by atoms with E-state index in [9.17, 15) is 0 Å². The molecule has 0 bridgehead atoms. The van der Waals surface area contributed by atoms with Crippen molar-refractivity contribution in [1.29, 1.82) is 0 Å². The number of hydrogen-bond acceptors (Lipinski definition) is 2. The van der Waals surface area contributed by atoms with Gasteiger partial charge in [0.25, 0.3) is 0 Å². The fourth-order valence-corrected chi connectivity index (χ4v) is 2.06. The van der Waals surface area contributed by atoms with Gasteiger partial charge in [-0.3, -0.25) is 0 Å². The Hall–Kier alpha value is -0.900. The summed E-state index contributed by atoms with van der Waals surface area (Å²) in [5, 5.41) is 8.13. The molecule has 0 radical (unpaired) electrons. The lowest BCUT2D eigenvalue weighted by Gasteiger charge is -2.02. The van der Waals surface area contributed by atoms with Crippen molar-refractivity contribution in [2.45, 2.75) is 13.8 Å². The lowest BCUT2D eigenvalue weighted by molar-refractivity contribution is 0.735. The van der Waals surface area contributed by atoms with E-state index in [1.807, 2.05) is 18.7 Å².